The SMILES string of the molecule is C.CCO.CO.CO.C[Si](C)(C)c1ccc(-c2ccc3oc4ccccc4c3c2)nc1.Cc1cc(-c2[c-]cc3oc4ccccc4c3c2)ncc1[Si](C)(C)C.O=S(=O)(O)C(F)(F)F.[Ir+3].[Ir].[c-]1ccccc1-c1ccccn1.[c-]1ccccc1-c1ccccn1.[c-]1ccccc1-c1ccccn1.[c-]1ccccc1-c1ccccn1. The fourth-order valence-electron chi connectivity index (χ4n) is 10.5. The molecule has 1 radical (unpaired) electrons. The Balaban J connectivity index is 0.000000281. The first-order chi connectivity index (χ1) is 53.0. The number of rotatable bonds is 8. The second-order valence-electron chi connectivity index (χ2n) is 25.6. The van der Waals surface area contributed by atoms with E-state index in [-0.39, 0.29) is 54.2 Å². The average Bonchev–Trinajstić information content (AvgIpc) is 1.66. The molecule has 16 rings (SSSR count). The van der Waals surface area contributed by atoms with Gasteiger partial charge in [0.2, 0.25) is 0 Å². The second-order valence-corrected chi connectivity index (χ2v) is 37.1. The molecule has 0 aliphatic rings. The fourth-order valence-corrected chi connectivity index (χ4v) is 13.2. The smallest absolute Gasteiger partial charge is 0.500 e. The molecule has 587 valence electrons. The largest absolute Gasteiger partial charge is 3.00 e. The third kappa shape index (κ3) is 29.2. The molecule has 22 heteroatoms. The number of furan rings is 2. The molecule has 0 saturated heterocycles. The Labute approximate surface area is 690 Å². The molecule has 8 aromatic carbocycles. The summed E-state index contributed by atoms with van der Waals surface area (Å²) >= 11 is 0. The average molecular weight is 1930 g/mol. The van der Waals surface area contributed by atoms with Crippen LogP contribution in [0.5, 0.6) is 0 Å². The zero-order valence-corrected chi connectivity index (χ0v) is 71.0. The topological polar surface area (TPSA) is 219 Å². The molecule has 0 unspecified atom stereocenters. The predicted molar refractivity (Wildman–Crippen MR) is 451 cm³/mol. The molecule has 4 N–H and O–H groups in total. The second kappa shape index (κ2) is 47.8. The number of para-hydroxylation sites is 2. The molecular formula is C91H90F3Ir2N6O8SSi2-2. The van der Waals surface area contributed by atoms with Crippen LogP contribution in [0.25, 0.3) is 111 Å². The summed E-state index contributed by atoms with van der Waals surface area (Å²) in [4.78, 5) is 26.3. The zero-order valence-electron chi connectivity index (χ0n) is 63.4. The van der Waals surface area contributed by atoms with E-state index in [1.54, 1.807) is 31.7 Å². The van der Waals surface area contributed by atoms with Crippen LogP contribution in [0.3, 0.4) is 0 Å². The van der Waals surface area contributed by atoms with Crippen LogP contribution in [0, 0.1) is 37.3 Å². The molecule has 8 aromatic heterocycles. The van der Waals surface area contributed by atoms with E-state index in [9.17, 15) is 13.2 Å². The number of pyridine rings is 6. The number of hydrogen-bond donors (Lipinski definition) is 4. The van der Waals surface area contributed by atoms with E-state index in [2.05, 4.69) is 151 Å². The van der Waals surface area contributed by atoms with Gasteiger partial charge in [0, 0.05) is 99.8 Å². The first kappa shape index (κ1) is 94.9. The van der Waals surface area contributed by atoms with E-state index in [1.165, 1.54) is 15.9 Å². The predicted octanol–water partition coefficient (Wildman–Crippen LogP) is 20.9. The normalized spacial score (nSPS) is 10.4. The molecule has 113 heavy (non-hydrogen) atoms. The van der Waals surface area contributed by atoms with E-state index < -0.39 is 31.8 Å². The third-order valence-electron chi connectivity index (χ3n) is 15.7. The van der Waals surface area contributed by atoms with Gasteiger partial charge in [-0.1, -0.05) is 155 Å². The maximum absolute atomic E-state index is 10.7. The number of aromatic nitrogens is 6. The van der Waals surface area contributed by atoms with Crippen molar-refractivity contribution in [3.05, 3.63) is 340 Å². The van der Waals surface area contributed by atoms with Crippen molar-refractivity contribution < 1.29 is 90.5 Å². The number of hydrogen-bond acceptors (Lipinski definition) is 13. The molecule has 0 bridgehead atoms. The number of fused-ring (bicyclic) bond motifs is 6. The van der Waals surface area contributed by atoms with E-state index in [0.29, 0.717) is 0 Å². The van der Waals surface area contributed by atoms with Crippen LogP contribution in [0.15, 0.2) is 313 Å². The number of benzene rings is 8. The van der Waals surface area contributed by atoms with Crippen LogP contribution >= 0.6 is 0 Å². The monoisotopic (exact) mass is 1930 g/mol. The summed E-state index contributed by atoms with van der Waals surface area (Å²) in [6, 6.07) is 104. The van der Waals surface area contributed by atoms with Crippen molar-refractivity contribution >= 4 is 80.5 Å². The summed E-state index contributed by atoms with van der Waals surface area (Å²) in [5, 5.41) is 28.9. The van der Waals surface area contributed by atoms with Gasteiger partial charge < -0.3 is 49.1 Å². The maximum atomic E-state index is 10.7. The quantitative estimate of drug-likeness (QED) is 0.0482. The Morgan fingerprint density at radius 1 is 0.407 bits per heavy atom. The van der Waals surface area contributed by atoms with E-state index in [1.807, 2.05) is 225 Å². The van der Waals surface area contributed by atoms with Gasteiger partial charge >= 0.3 is 35.7 Å². The Morgan fingerprint density at radius 2 is 0.761 bits per heavy atom. The Bertz CT molecular complexity index is 5010. The molecule has 0 saturated carbocycles. The summed E-state index contributed by atoms with van der Waals surface area (Å²) in [5.41, 5.74) is 11.6. The molecule has 16 aromatic rings. The standard InChI is InChI=1S/C21H20NOSi.C20H19NOSi.4C11H8N.C2H6O.CHF3O3S.2CH4O.CH4.2Ir/c1-14-11-18(22-13-21(14)24(2,3)4)15-9-10-20-17(12-15)16-7-5-6-8-19(16)23-20;1-23(2,3)15-9-10-18(21-13-15)14-8-11-20-17(12-14)16-6-4-5-7-19(16)22-20;4*1-2-6-10(7-3-1)11-8-4-5-9-12-11;1-2-3;2-1(3,4)8(5,6)7;2*1-2;;;/h5-8,10-13H,1-4H3;4-13H,1-3H3;4*1-6,8-9H;3H,2H2,1H3;(H,5,6,7);2*2H,1H3;1H4;;/q-1;;4*-1;;;;;;;+3. The van der Waals surface area contributed by atoms with Crippen molar-refractivity contribution in [3.63, 3.8) is 0 Å². The number of alkyl halides is 3. The van der Waals surface area contributed by atoms with Crippen molar-refractivity contribution in [1.82, 2.24) is 29.9 Å². The van der Waals surface area contributed by atoms with Crippen molar-refractivity contribution in [2.24, 2.45) is 0 Å². The van der Waals surface area contributed by atoms with Gasteiger partial charge in [-0.25, -0.2) is 0 Å². The maximum Gasteiger partial charge on any atom is 3.00 e. The molecule has 0 fully saturated rings. The molecule has 0 amide bonds. The van der Waals surface area contributed by atoms with Gasteiger partial charge in [0.05, 0.1) is 27.4 Å². The van der Waals surface area contributed by atoms with Gasteiger partial charge in [-0.2, -0.15) is 21.6 Å². The van der Waals surface area contributed by atoms with Crippen LogP contribution in [-0.4, -0.2) is 101 Å². The third-order valence-corrected chi connectivity index (χ3v) is 20.5. The molecule has 14 nitrogen and oxygen atoms in total. The van der Waals surface area contributed by atoms with Gasteiger partial charge in [0.1, 0.15) is 16.7 Å². The molecular weight excluding hydrogens is 1830 g/mol. The summed E-state index contributed by atoms with van der Waals surface area (Å²) in [6.45, 7) is 18.2. The van der Waals surface area contributed by atoms with Crippen LogP contribution in [0.1, 0.15) is 19.9 Å². The van der Waals surface area contributed by atoms with Gasteiger partial charge in [0.25, 0.3) is 0 Å². The van der Waals surface area contributed by atoms with Crippen molar-refractivity contribution in [2.45, 2.75) is 66.1 Å². The number of nitrogens with zero attached hydrogens (tertiary/aromatic N) is 6. The van der Waals surface area contributed by atoms with Crippen LogP contribution in [0.4, 0.5) is 13.2 Å². The first-order valence-corrected chi connectivity index (χ1v) is 43.2. The van der Waals surface area contributed by atoms with Gasteiger partial charge in [-0.15, -0.1) is 167 Å². The van der Waals surface area contributed by atoms with E-state index >= 15 is 0 Å². The Kier molecular flexibility index (Phi) is 40.2. The fraction of sp³-hybridized carbons (Fsp3) is 0.143. The zero-order chi connectivity index (χ0) is 79.5. The van der Waals surface area contributed by atoms with Crippen LogP contribution in [-0.2, 0) is 50.3 Å². The van der Waals surface area contributed by atoms with Crippen LogP contribution < -0.4 is 10.4 Å². The van der Waals surface area contributed by atoms with Gasteiger partial charge in [0.15, 0.2) is 0 Å². The molecule has 0 spiro atoms. The minimum absolute atomic E-state index is 0. The van der Waals surface area contributed by atoms with E-state index in [4.69, 9.17) is 47.1 Å². The number of aliphatic hydroxyl groups excluding tert-OH is 3. The summed E-state index contributed by atoms with van der Waals surface area (Å²) in [5.74, 6) is 0. The van der Waals surface area contributed by atoms with Crippen molar-refractivity contribution in [1.29, 1.82) is 0 Å². The molecule has 0 aliphatic carbocycles. The summed E-state index contributed by atoms with van der Waals surface area (Å²) < 4.78 is 69.3. The minimum atomic E-state index is -5.84. The van der Waals surface area contributed by atoms with Crippen molar-refractivity contribution in [2.75, 3.05) is 20.8 Å². The van der Waals surface area contributed by atoms with Gasteiger partial charge in [-0.3, -0.25) is 9.54 Å². The number of halogens is 3. The first-order valence-electron chi connectivity index (χ1n) is 34.7. The number of aliphatic hydroxyl groups is 3. The minimum Gasteiger partial charge on any atom is -0.500 e. The number of aryl methyl sites for hydroxylation is 1. The summed E-state index contributed by atoms with van der Waals surface area (Å²) in [7, 11) is -6.50. The molecule has 0 aliphatic heterocycles. The van der Waals surface area contributed by atoms with E-state index in [0.717, 1.165) is 126 Å². The summed E-state index contributed by atoms with van der Waals surface area (Å²) in [6.07, 6.45) is 11.3. The Morgan fingerprint density at radius 3 is 1.09 bits per heavy atom. The Hall–Kier alpha value is -10.4. The van der Waals surface area contributed by atoms with Gasteiger partial charge in [-0.05, 0) is 113 Å². The van der Waals surface area contributed by atoms with Crippen LogP contribution in [0.2, 0.25) is 39.3 Å². The molecule has 8 heterocycles. The van der Waals surface area contributed by atoms with Crippen molar-refractivity contribution in [3.8, 4) is 67.5 Å². The molecule has 0 atom stereocenters.